The molecule has 2 heterocycles. The minimum Gasteiger partial charge on any atom is -0.478 e. The highest BCUT2D eigenvalue weighted by atomic mass is 127. The molecule has 0 aliphatic carbocycles. The summed E-state index contributed by atoms with van der Waals surface area (Å²) in [5.41, 5.74) is 2.73. The van der Waals surface area contributed by atoms with E-state index in [1.54, 1.807) is 34.4 Å². The Bertz CT molecular complexity index is 725. The summed E-state index contributed by atoms with van der Waals surface area (Å²) in [4.78, 5) is 25.4. The van der Waals surface area contributed by atoms with Gasteiger partial charge in [0.2, 0.25) is 0 Å². The zero-order valence-corrected chi connectivity index (χ0v) is 14.0. The van der Waals surface area contributed by atoms with Crippen molar-refractivity contribution in [2.24, 2.45) is 0 Å². The standard InChI is InChI=1S/C15H12INO3S/c16-13-7-11(8-21-13)14(18)17-5-1-2-9-6-10(15(19)20)3-4-12(9)17/h3-4,6-8H,1-2,5H2,(H,19,20). The second-order valence-corrected chi connectivity index (χ2v) is 7.65. The maximum Gasteiger partial charge on any atom is 0.335 e. The van der Waals surface area contributed by atoms with E-state index in [0.29, 0.717) is 12.1 Å². The number of nitrogens with zero attached hydrogens (tertiary/aromatic N) is 1. The smallest absolute Gasteiger partial charge is 0.335 e. The lowest BCUT2D eigenvalue weighted by atomic mass is 9.98. The molecule has 2 aromatic rings. The van der Waals surface area contributed by atoms with Gasteiger partial charge in [0.15, 0.2) is 0 Å². The number of hydrogen-bond acceptors (Lipinski definition) is 3. The van der Waals surface area contributed by atoms with Crippen LogP contribution in [0.2, 0.25) is 0 Å². The number of carbonyl (C=O) groups is 2. The maximum absolute atomic E-state index is 12.6. The molecule has 1 aromatic heterocycles. The monoisotopic (exact) mass is 413 g/mol. The molecule has 0 atom stereocenters. The van der Waals surface area contributed by atoms with Gasteiger partial charge in [-0.3, -0.25) is 4.79 Å². The van der Waals surface area contributed by atoms with Gasteiger partial charge in [0.25, 0.3) is 5.91 Å². The van der Waals surface area contributed by atoms with Crippen molar-refractivity contribution in [1.29, 1.82) is 0 Å². The number of aromatic carboxylic acids is 1. The summed E-state index contributed by atoms with van der Waals surface area (Å²) >= 11 is 3.74. The molecule has 1 aromatic carbocycles. The molecule has 0 saturated heterocycles. The average molecular weight is 413 g/mol. The number of fused-ring (bicyclic) bond motifs is 1. The topological polar surface area (TPSA) is 57.6 Å². The summed E-state index contributed by atoms with van der Waals surface area (Å²) in [6.45, 7) is 0.671. The van der Waals surface area contributed by atoms with Gasteiger partial charge in [-0.25, -0.2) is 4.79 Å². The number of rotatable bonds is 2. The van der Waals surface area contributed by atoms with Gasteiger partial charge < -0.3 is 10.0 Å². The van der Waals surface area contributed by atoms with Gasteiger partial charge in [0.1, 0.15) is 0 Å². The molecule has 0 unspecified atom stereocenters. The quantitative estimate of drug-likeness (QED) is 0.765. The summed E-state index contributed by atoms with van der Waals surface area (Å²) in [6.07, 6.45) is 1.66. The van der Waals surface area contributed by atoms with Crippen molar-refractivity contribution in [1.82, 2.24) is 0 Å². The van der Waals surface area contributed by atoms with Crippen LogP contribution < -0.4 is 4.90 Å². The third-order valence-corrected chi connectivity index (χ3v) is 5.29. The van der Waals surface area contributed by atoms with Gasteiger partial charge in [-0.2, -0.15) is 0 Å². The number of benzene rings is 1. The number of anilines is 1. The molecule has 108 valence electrons. The Morgan fingerprint density at radius 3 is 2.71 bits per heavy atom. The van der Waals surface area contributed by atoms with Crippen LogP contribution in [0.1, 0.15) is 32.7 Å². The maximum atomic E-state index is 12.6. The van der Waals surface area contributed by atoms with Crippen molar-refractivity contribution in [3.05, 3.63) is 49.2 Å². The molecule has 1 aliphatic heterocycles. The Kier molecular flexibility index (Phi) is 3.99. The fourth-order valence-electron chi connectivity index (χ4n) is 2.52. The highest BCUT2D eigenvalue weighted by molar-refractivity contribution is 14.1. The number of amides is 1. The van der Waals surface area contributed by atoms with Crippen molar-refractivity contribution in [2.75, 3.05) is 11.4 Å². The zero-order valence-electron chi connectivity index (χ0n) is 11.0. The Morgan fingerprint density at radius 1 is 1.24 bits per heavy atom. The molecular formula is C15H12INO3S. The Balaban J connectivity index is 1.97. The first-order valence-corrected chi connectivity index (χ1v) is 8.44. The van der Waals surface area contributed by atoms with Crippen LogP contribution in [0.15, 0.2) is 29.6 Å². The Morgan fingerprint density at radius 2 is 2.05 bits per heavy atom. The molecule has 0 bridgehead atoms. The molecule has 1 N–H and O–H groups in total. The van der Waals surface area contributed by atoms with Gasteiger partial charge in [-0.15, -0.1) is 11.3 Å². The van der Waals surface area contributed by atoms with Crippen LogP contribution in [0, 0.1) is 2.88 Å². The number of hydrogen-bond donors (Lipinski definition) is 1. The van der Waals surface area contributed by atoms with Gasteiger partial charge in [-0.1, -0.05) is 0 Å². The molecule has 0 radical (unpaired) electrons. The van der Waals surface area contributed by atoms with Crippen LogP contribution in [-0.2, 0) is 6.42 Å². The summed E-state index contributed by atoms with van der Waals surface area (Å²) in [5.74, 6) is -0.952. The van der Waals surface area contributed by atoms with Gasteiger partial charge in [0, 0.05) is 17.6 Å². The number of aryl methyl sites for hydroxylation is 1. The van der Waals surface area contributed by atoms with Gasteiger partial charge >= 0.3 is 5.97 Å². The predicted molar refractivity (Wildman–Crippen MR) is 90.4 cm³/mol. The third kappa shape index (κ3) is 2.82. The van der Waals surface area contributed by atoms with E-state index in [0.717, 1.165) is 27.0 Å². The van der Waals surface area contributed by atoms with Crippen LogP contribution in [0.25, 0.3) is 0 Å². The number of carboxylic acid groups (broad SMARTS) is 1. The van der Waals surface area contributed by atoms with Crippen LogP contribution in [0.4, 0.5) is 5.69 Å². The van der Waals surface area contributed by atoms with E-state index >= 15 is 0 Å². The molecule has 1 amide bonds. The normalized spacial score (nSPS) is 13.9. The number of thiophene rings is 1. The van der Waals surface area contributed by atoms with Crippen molar-refractivity contribution in [3.63, 3.8) is 0 Å². The molecule has 6 heteroatoms. The van der Waals surface area contributed by atoms with E-state index in [2.05, 4.69) is 22.6 Å². The van der Waals surface area contributed by atoms with Crippen LogP contribution >= 0.6 is 33.9 Å². The zero-order chi connectivity index (χ0) is 15.0. The van der Waals surface area contributed by atoms with Crippen molar-refractivity contribution in [3.8, 4) is 0 Å². The van der Waals surface area contributed by atoms with Crippen LogP contribution in [0.5, 0.6) is 0 Å². The highest BCUT2D eigenvalue weighted by Crippen LogP contribution is 2.30. The highest BCUT2D eigenvalue weighted by Gasteiger charge is 2.25. The largest absolute Gasteiger partial charge is 0.478 e. The first-order valence-electron chi connectivity index (χ1n) is 6.48. The molecule has 4 nitrogen and oxygen atoms in total. The summed E-state index contributed by atoms with van der Waals surface area (Å²) in [7, 11) is 0. The number of carbonyl (C=O) groups excluding carboxylic acids is 1. The van der Waals surface area contributed by atoms with Gasteiger partial charge in [0.05, 0.1) is 14.0 Å². The second-order valence-electron chi connectivity index (χ2n) is 4.85. The molecule has 3 rings (SSSR count). The van der Waals surface area contributed by atoms with E-state index in [9.17, 15) is 9.59 Å². The first kappa shape index (κ1) is 14.5. The van der Waals surface area contributed by atoms with E-state index in [1.807, 2.05) is 11.4 Å². The van der Waals surface area contributed by atoms with Crippen molar-refractivity contribution < 1.29 is 14.7 Å². The molecular weight excluding hydrogens is 401 g/mol. The van der Waals surface area contributed by atoms with Crippen LogP contribution in [-0.4, -0.2) is 23.5 Å². The lowest BCUT2D eigenvalue weighted by Crippen LogP contribution is -2.35. The van der Waals surface area contributed by atoms with E-state index in [4.69, 9.17) is 5.11 Å². The van der Waals surface area contributed by atoms with Crippen molar-refractivity contribution >= 4 is 51.5 Å². The predicted octanol–water partition coefficient (Wildman–Crippen LogP) is 3.64. The lowest BCUT2D eigenvalue weighted by molar-refractivity contribution is 0.0696. The first-order chi connectivity index (χ1) is 10.1. The minimum atomic E-state index is -0.936. The van der Waals surface area contributed by atoms with E-state index in [1.165, 1.54) is 0 Å². The molecule has 1 aliphatic rings. The lowest BCUT2D eigenvalue weighted by Gasteiger charge is -2.29. The fourth-order valence-corrected chi connectivity index (χ4v) is 3.84. The molecule has 0 fully saturated rings. The average Bonchev–Trinajstić information content (AvgIpc) is 2.91. The summed E-state index contributed by atoms with van der Waals surface area (Å²) in [5, 5.41) is 10.9. The summed E-state index contributed by atoms with van der Waals surface area (Å²) < 4.78 is 1.08. The third-order valence-electron chi connectivity index (χ3n) is 3.50. The van der Waals surface area contributed by atoms with Crippen molar-refractivity contribution in [2.45, 2.75) is 12.8 Å². The fraction of sp³-hybridized carbons (Fsp3) is 0.200. The minimum absolute atomic E-state index is 0.0156. The van der Waals surface area contributed by atoms with E-state index in [-0.39, 0.29) is 11.5 Å². The van der Waals surface area contributed by atoms with Gasteiger partial charge in [-0.05, 0) is 65.3 Å². The van der Waals surface area contributed by atoms with Crippen LogP contribution in [0.3, 0.4) is 0 Å². The van der Waals surface area contributed by atoms with E-state index < -0.39 is 5.97 Å². The summed E-state index contributed by atoms with van der Waals surface area (Å²) in [6, 6.07) is 6.86. The molecule has 0 saturated carbocycles. The number of carboxylic acids is 1. The molecule has 0 spiro atoms. The second kappa shape index (κ2) is 5.76. The Hall–Kier alpha value is -1.41. The molecule has 21 heavy (non-hydrogen) atoms. The SMILES string of the molecule is O=C(O)c1ccc2c(c1)CCCN2C(=O)c1csc(I)c1. The Labute approximate surface area is 139 Å². The number of halogens is 1.